The number of amides is 2. The van der Waals surface area contributed by atoms with Crippen molar-refractivity contribution in [3.05, 3.63) is 0 Å². The zero-order valence-corrected chi connectivity index (χ0v) is 13.6. The molecule has 6 heteroatoms. The number of nitrogens with one attached hydrogen (secondary N) is 1. The predicted molar refractivity (Wildman–Crippen MR) is 80.9 cm³/mol. The van der Waals surface area contributed by atoms with Gasteiger partial charge in [-0.15, -0.1) is 0 Å². The van der Waals surface area contributed by atoms with Gasteiger partial charge in [0.05, 0.1) is 11.5 Å². The molecule has 22 heavy (non-hydrogen) atoms. The third-order valence-corrected chi connectivity index (χ3v) is 4.43. The fraction of sp³-hybridized carbons (Fsp3) is 0.812. The lowest BCUT2D eigenvalue weighted by Gasteiger charge is -2.38. The Labute approximate surface area is 131 Å². The molecule has 1 N–H and O–H groups in total. The fourth-order valence-corrected chi connectivity index (χ4v) is 3.24. The monoisotopic (exact) mass is 307 g/mol. The molecule has 2 aliphatic rings. The van der Waals surface area contributed by atoms with E-state index in [1.54, 1.807) is 4.90 Å². The number of carbonyl (C=O) groups is 2. The van der Waals surface area contributed by atoms with Crippen LogP contribution in [0.1, 0.15) is 52.9 Å². The van der Waals surface area contributed by atoms with Crippen LogP contribution in [0.4, 0.5) is 4.79 Å². The summed E-state index contributed by atoms with van der Waals surface area (Å²) in [6, 6.07) is 2.22. The van der Waals surface area contributed by atoms with E-state index in [2.05, 4.69) is 11.4 Å². The third-order valence-electron chi connectivity index (χ3n) is 4.43. The van der Waals surface area contributed by atoms with Crippen LogP contribution in [0.25, 0.3) is 0 Å². The molecule has 2 fully saturated rings. The number of hydrogen-bond acceptors (Lipinski definition) is 4. The molecule has 0 aromatic rings. The molecule has 2 heterocycles. The van der Waals surface area contributed by atoms with Crippen molar-refractivity contribution >= 4 is 12.0 Å². The van der Waals surface area contributed by atoms with E-state index in [9.17, 15) is 9.59 Å². The van der Waals surface area contributed by atoms with Crippen LogP contribution < -0.4 is 5.32 Å². The van der Waals surface area contributed by atoms with Gasteiger partial charge in [0.1, 0.15) is 5.60 Å². The maximum absolute atomic E-state index is 12.3. The Hall–Kier alpha value is -1.77. The topological polar surface area (TPSA) is 82.4 Å². The van der Waals surface area contributed by atoms with Crippen molar-refractivity contribution in [2.24, 2.45) is 5.41 Å². The number of likely N-dealkylation sites (tertiary alicyclic amines) is 1. The Balaban J connectivity index is 1.90. The summed E-state index contributed by atoms with van der Waals surface area (Å²) in [5.41, 5.74) is -0.863. The lowest BCUT2D eigenvalue weighted by molar-refractivity contribution is -0.130. The van der Waals surface area contributed by atoms with Gasteiger partial charge in [0.2, 0.25) is 5.91 Å². The number of piperidine rings is 1. The normalized spacial score (nSPS) is 24.0. The summed E-state index contributed by atoms with van der Waals surface area (Å²) in [4.78, 5) is 26.1. The predicted octanol–water partition coefficient (Wildman–Crippen LogP) is 2.20. The highest BCUT2D eigenvalue weighted by molar-refractivity contribution is 5.85. The molecule has 2 saturated heterocycles. The first-order valence-corrected chi connectivity index (χ1v) is 7.92. The highest BCUT2D eigenvalue weighted by Crippen LogP contribution is 2.41. The number of nitriles is 1. The molecule has 2 amide bonds. The van der Waals surface area contributed by atoms with Crippen LogP contribution in [-0.2, 0) is 9.53 Å². The van der Waals surface area contributed by atoms with Gasteiger partial charge in [-0.25, -0.2) is 4.79 Å². The first-order chi connectivity index (χ1) is 10.3. The molecular weight excluding hydrogens is 282 g/mol. The van der Waals surface area contributed by atoms with Gasteiger partial charge in [0.25, 0.3) is 0 Å². The molecule has 0 aromatic carbocycles. The zero-order chi connectivity index (χ0) is 16.4. The van der Waals surface area contributed by atoms with Crippen molar-refractivity contribution in [3.63, 3.8) is 0 Å². The van der Waals surface area contributed by atoms with Crippen LogP contribution in [0.3, 0.4) is 0 Å². The number of ether oxygens (including phenoxy) is 1. The van der Waals surface area contributed by atoms with Crippen molar-refractivity contribution in [1.29, 1.82) is 5.26 Å². The Kier molecular flexibility index (Phi) is 4.64. The van der Waals surface area contributed by atoms with E-state index in [0.717, 1.165) is 6.42 Å². The summed E-state index contributed by atoms with van der Waals surface area (Å²) in [5.74, 6) is 0.0827. The van der Waals surface area contributed by atoms with Crippen molar-refractivity contribution in [2.45, 2.75) is 64.5 Å². The second kappa shape index (κ2) is 6.15. The smallest absolute Gasteiger partial charge is 0.410 e. The van der Waals surface area contributed by atoms with Crippen molar-refractivity contribution < 1.29 is 14.3 Å². The Morgan fingerprint density at radius 1 is 1.45 bits per heavy atom. The minimum Gasteiger partial charge on any atom is -0.444 e. The molecule has 2 rings (SSSR count). The van der Waals surface area contributed by atoms with E-state index in [4.69, 9.17) is 10.00 Å². The van der Waals surface area contributed by atoms with E-state index >= 15 is 0 Å². The summed E-state index contributed by atoms with van der Waals surface area (Å²) in [7, 11) is 0. The zero-order valence-electron chi connectivity index (χ0n) is 13.6. The Morgan fingerprint density at radius 2 is 2.09 bits per heavy atom. The van der Waals surface area contributed by atoms with Gasteiger partial charge >= 0.3 is 6.09 Å². The van der Waals surface area contributed by atoms with Crippen LogP contribution in [0, 0.1) is 16.7 Å². The molecule has 0 radical (unpaired) electrons. The minimum atomic E-state index is -0.501. The average molecular weight is 307 g/mol. The van der Waals surface area contributed by atoms with Crippen molar-refractivity contribution in [1.82, 2.24) is 10.2 Å². The first kappa shape index (κ1) is 16.6. The first-order valence-electron chi connectivity index (χ1n) is 7.92. The summed E-state index contributed by atoms with van der Waals surface area (Å²) in [6.07, 6.45) is 2.98. The SMILES string of the molecule is CC(C)(C)OC(=O)N1CCC2(CC1)C[C@H](CCC#N)NC2=O. The van der Waals surface area contributed by atoms with Gasteiger partial charge in [0.15, 0.2) is 0 Å². The molecule has 6 nitrogen and oxygen atoms in total. The molecule has 0 bridgehead atoms. The second-order valence-corrected chi connectivity index (χ2v) is 7.32. The number of carbonyl (C=O) groups excluding carboxylic acids is 2. The lowest BCUT2D eigenvalue weighted by Crippen LogP contribution is -2.47. The van der Waals surface area contributed by atoms with E-state index in [0.29, 0.717) is 38.8 Å². The molecule has 2 aliphatic heterocycles. The summed E-state index contributed by atoms with van der Waals surface area (Å²) >= 11 is 0. The molecule has 0 unspecified atom stereocenters. The van der Waals surface area contributed by atoms with E-state index in [-0.39, 0.29) is 23.5 Å². The largest absolute Gasteiger partial charge is 0.444 e. The van der Waals surface area contributed by atoms with E-state index in [1.165, 1.54) is 0 Å². The number of hydrogen-bond donors (Lipinski definition) is 1. The standard InChI is InChI=1S/C16H25N3O3/c1-15(2,3)22-14(21)19-9-6-16(7-10-19)11-12(5-4-8-17)18-13(16)20/h12H,4-7,9-11H2,1-3H3,(H,18,20)/t12-/m0/s1. The molecule has 0 aromatic heterocycles. The summed E-state index contributed by atoms with van der Waals surface area (Å²) in [5, 5.41) is 11.7. The molecule has 0 saturated carbocycles. The number of nitrogens with zero attached hydrogens (tertiary/aromatic N) is 2. The van der Waals surface area contributed by atoms with Crippen LogP contribution in [-0.4, -0.2) is 41.6 Å². The van der Waals surface area contributed by atoms with Gasteiger partial charge in [-0.3, -0.25) is 4.79 Å². The lowest BCUT2D eigenvalue weighted by atomic mass is 9.75. The molecule has 0 aliphatic carbocycles. The molecule has 1 spiro atoms. The minimum absolute atomic E-state index is 0.0827. The quantitative estimate of drug-likeness (QED) is 0.847. The van der Waals surface area contributed by atoms with Crippen LogP contribution in [0.2, 0.25) is 0 Å². The fourth-order valence-electron chi connectivity index (χ4n) is 3.24. The van der Waals surface area contributed by atoms with Crippen molar-refractivity contribution in [2.75, 3.05) is 13.1 Å². The van der Waals surface area contributed by atoms with Crippen LogP contribution >= 0.6 is 0 Å². The molecule has 122 valence electrons. The maximum Gasteiger partial charge on any atom is 0.410 e. The molecular formula is C16H25N3O3. The third kappa shape index (κ3) is 3.70. The van der Waals surface area contributed by atoms with Crippen molar-refractivity contribution in [3.8, 4) is 6.07 Å². The van der Waals surface area contributed by atoms with Gasteiger partial charge in [-0.1, -0.05) is 0 Å². The van der Waals surface area contributed by atoms with Crippen LogP contribution in [0.15, 0.2) is 0 Å². The highest BCUT2D eigenvalue weighted by Gasteiger charge is 2.48. The second-order valence-electron chi connectivity index (χ2n) is 7.32. The van der Waals surface area contributed by atoms with Gasteiger partial charge in [-0.05, 0) is 46.5 Å². The van der Waals surface area contributed by atoms with Gasteiger partial charge < -0.3 is 15.0 Å². The van der Waals surface area contributed by atoms with E-state index < -0.39 is 5.60 Å². The van der Waals surface area contributed by atoms with E-state index in [1.807, 2.05) is 20.8 Å². The number of rotatable bonds is 2. The summed E-state index contributed by atoms with van der Waals surface area (Å²) in [6.45, 7) is 6.64. The average Bonchev–Trinajstić information content (AvgIpc) is 2.72. The maximum atomic E-state index is 12.3. The Bertz CT molecular complexity index is 482. The molecule has 1 atom stereocenters. The highest BCUT2D eigenvalue weighted by atomic mass is 16.6. The van der Waals surface area contributed by atoms with Crippen LogP contribution in [0.5, 0.6) is 0 Å². The Morgan fingerprint density at radius 3 is 2.64 bits per heavy atom. The van der Waals surface area contributed by atoms with Gasteiger partial charge in [-0.2, -0.15) is 5.26 Å². The van der Waals surface area contributed by atoms with Gasteiger partial charge in [0, 0.05) is 25.6 Å². The summed E-state index contributed by atoms with van der Waals surface area (Å²) < 4.78 is 5.38.